The SMILES string of the molecule is CC(C)N1C[C@@H](OCc2ccccc2)[C@H]1C(C)(C)Cl. The molecule has 3 heteroatoms. The van der Waals surface area contributed by atoms with Crippen molar-refractivity contribution < 1.29 is 4.74 Å². The number of ether oxygens (including phenoxy) is 1. The minimum Gasteiger partial charge on any atom is -0.371 e. The maximum atomic E-state index is 6.53. The van der Waals surface area contributed by atoms with Crippen LogP contribution in [0, 0.1) is 0 Å². The van der Waals surface area contributed by atoms with E-state index in [1.807, 2.05) is 18.2 Å². The number of rotatable bonds is 5. The van der Waals surface area contributed by atoms with Crippen molar-refractivity contribution in [1.82, 2.24) is 4.90 Å². The van der Waals surface area contributed by atoms with Crippen molar-refractivity contribution in [2.75, 3.05) is 6.54 Å². The zero-order valence-corrected chi connectivity index (χ0v) is 13.0. The Morgan fingerprint density at radius 1 is 1.32 bits per heavy atom. The number of likely N-dealkylation sites (tertiary alicyclic amines) is 1. The minimum atomic E-state index is -0.260. The Labute approximate surface area is 121 Å². The molecule has 0 N–H and O–H groups in total. The second kappa shape index (κ2) is 5.82. The molecule has 106 valence electrons. The van der Waals surface area contributed by atoms with Gasteiger partial charge in [-0.1, -0.05) is 30.3 Å². The Hall–Kier alpha value is -0.570. The van der Waals surface area contributed by atoms with Gasteiger partial charge in [0.25, 0.3) is 0 Å². The first kappa shape index (κ1) is 14.8. The zero-order valence-electron chi connectivity index (χ0n) is 12.3. The molecule has 2 atom stereocenters. The average molecular weight is 282 g/mol. The largest absolute Gasteiger partial charge is 0.371 e. The van der Waals surface area contributed by atoms with Crippen molar-refractivity contribution >= 4 is 11.6 Å². The Kier molecular flexibility index (Phi) is 4.54. The van der Waals surface area contributed by atoms with Crippen LogP contribution in [0.2, 0.25) is 0 Å². The van der Waals surface area contributed by atoms with Crippen LogP contribution >= 0.6 is 11.6 Å². The van der Waals surface area contributed by atoms with Gasteiger partial charge in [0.15, 0.2) is 0 Å². The molecule has 1 aromatic carbocycles. The lowest BCUT2D eigenvalue weighted by atomic mass is 9.86. The maximum Gasteiger partial charge on any atom is 0.0878 e. The lowest BCUT2D eigenvalue weighted by molar-refractivity contribution is -0.133. The highest BCUT2D eigenvalue weighted by atomic mass is 35.5. The Bertz CT molecular complexity index is 399. The second-order valence-electron chi connectivity index (χ2n) is 6.13. The van der Waals surface area contributed by atoms with Crippen LogP contribution in [0.3, 0.4) is 0 Å². The van der Waals surface area contributed by atoms with Gasteiger partial charge in [-0.3, -0.25) is 4.90 Å². The van der Waals surface area contributed by atoms with E-state index in [1.54, 1.807) is 0 Å². The van der Waals surface area contributed by atoms with E-state index in [4.69, 9.17) is 16.3 Å². The molecule has 0 radical (unpaired) electrons. The number of nitrogens with zero attached hydrogens (tertiary/aromatic N) is 1. The maximum absolute atomic E-state index is 6.53. The molecule has 0 saturated carbocycles. The molecular formula is C16H24ClNO. The summed E-state index contributed by atoms with van der Waals surface area (Å²) in [6.45, 7) is 10.2. The van der Waals surface area contributed by atoms with Gasteiger partial charge in [-0.15, -0.1) is 11.6 Å². The molecule has 1 fully saturated rings. The molecule has 0 aromatic heterocycles. The van der Waals surface area contributed by atoms with Crippen LogP contribution in [0.25, 0.3) is 0 Å². The molecule has 0 unspecified atom stereocenters. The summed E-state index contributed by atoms with van der Waals surface area (Å²) in [4.78, 5) is 2.16. The highest BCUT2D eigenvalue weighted by molar-refractivity contribution is 6.24. The molecule has 1 aromatic rings. The second-order valence-corrected chi connectivity index (χ2v) is 7.11. The number of alkyl halides is 1. The summed E-state index contributed by atoms with van der Waals surface area (Å²) < 4.78 is 6.06. The van der Waals surface area contributed by atoms with E-state index in [2.05, 4.69) is 44.7 Å². The summed E-state index contributed by atoms with van der Waals surface area (Å²) in [5.41, 5.74) is 1.22. The third kappa shape index (κ3) is 3.50. The summed E-state index contributed by atoms with van der Waals surface area (Å²) in [5.74, 6) is 0. The fraction of sp³-hybridized carbons (Fsp3) is 0.625. The summed E-state index contributed by atoms with van der Waals surface area (Å²) >= 11 is 6.53. The first-order valence-corrected chi connectivity index (χ1v) is 7.37. The van der Waals surface area contributed by atoms with Gasteiger partial charge < -0.3 is 4.74 Å². The smallest absolute Gasteiger partial charge is 0.0878 e. The van der Waals surface area contributed by atoms with Crippen LogP contribution < -0.4 is 0 Å². The van der Waals surface area contributed by atoms with Crippen LogP contribution in [-0.4, -0.2) is 34.5 Å². The van der Waals surface area contributed by atoms with E-state index in [0.29, 0.717) is 12.6 Å². The molecule has 0 aliphatic carbocycles. The third-order valence-electron chi connectivity index (χ3n) is 3.77. The monoisotopic (exact) mass is 281 g/mol. The van der Waals surface area contributed by atoms with Gasteiger partial charge in [0.1, 0.15) is 0 Å². The normalized spacial score (nSPS) is 24.5. The van der Waals surface area contributed by atoms with Crippen molar-refractivity contribution in [1.29, 1.82) is 0 Å². The quantitative estimate of drug-likeness (QED) is 0.764. The number of halogens is 1. The Morgan fingerprint density at radius 2 is 1.95 bits per heavy atom. The molecule has 2 nitrogen and oxygen atoms in total. The molecule has 2 rings (SSSR count). The number of hydrogen-bond acceptors (Lipinski definition) is 2. The lowest BCUT2D eigenvalue weighted by Gasteiger charge is -2.54. The van der Waals surface area contributed by atoms with Gasteiger partial charge >= 0.3 is 0 Å². The third-order valence-corrected chi connectivity index (χ3v) is 4.00. The van der Waals surface area contributed by atoms with E-state index in [1.165, 1.54) is 5.56 Å². The predicted molar refractivity (Wildman–Crippen MR) is 80.6 cm³/mol. The molecule has 1 aliphatic rings. The predicted octanol–water partition coefficient (Wildman–Crippen LogP) is 3.68. The fourth-order valence-electron chi connectivity index (χ4n) is 2.79. The standard InChI is InChI=1S/C16H24ClNO/c1-12(2)18-10-14(15(18)16(3,4)17)19-11-13-8-6-5-7-9-13/h5-9,12,14-15H,10-11H2,1-4H3/t14-,15+/m1/s1. The van der Waals surface area contributed by atoms with Crippen LogP contribution in [0.5, 0.6) is 0 Å². The van der Waals surface area contributed by atoms with Crippen LogP contribution in [0.4, 0.5) is 0 Å². The first-order chi connectivity index (χ1) is 8.89. The zero-order chi connectivity index (χ0) is 14.0. The van der Waals surface area contributed by atoms with Crippen molar-refractivity contribution in [3.05, 3.63) is 35.9 Å². The molecule has 1 heterocycles. The van der Waals surface area contributed by atoms with E-state index >= 15 is 0 Å². The van der Waals surface area contributed by atoms with E-state index in [-0.39, 0.29) is 17.0 Å². The van der Waals surface area contributed by atoms with Gasteiger partial charge in [0.2, 0.25) is 0 Å². The number of benzene rings is 1. The fourth-order valence-corrected chi connectivity index (χ4v) is 3.05. The highest BCUT2D eigenvalue weighted by Crippen LogP contribution is 2.36. The van der Waals surface area contributed by atoms with Crippen molar-refractivity contribution in [3.63, 3.8) is 0 Å². The topological polar surface area (TPSA) is 12.5 Å². The molecule has 0 amide bonds. The van der Waals surface area contributed by atoms with Crippen molar-refractivity contribution in [3.8, 4) is 0 Å². The summed E-state index contributed by atoms with van der Waals surface area (Å²) in [6.07, 6.45) is 0.232. The van der Waals surface area contributed by atoms with Crippen molar-refractivity contribution in [2.45, 2.75) is 57.4 Å². The lowest BCUT2D eigenvalue weighted by Crippen LogP contribution is -2.69. The van der Waals surface area contributed by atoms with Crippen molar-refractivity contribution in [2.24, 2.45) is 0 Å². The molecular weight excluding hydrogens is 258 g/mol. The summed E-state index contributed by atoms with van der Waals surface area (Å²) in [7, 11) is 0. The molecule has 0 spiro atoms. The molecule has 0 bridgehead atoms. The van der Waals surface area contributed by atoms with Gasteiger partial charge in [-0.05, 0) is 33.3 Å². The average Bonchev–Trinajstić information content (AvgIpc) is 2.26. The van der Waals surface area contributed by atoms with Gasteiger partial charge in [0, 0.05) is 12.6 Å². The van der Waals surface area contributed by atoms with Gasteiger partial charge in [-0.25, -0.2) is 0 Å². The van der Waals surface area contributed by atoms with E-state index < -0.39 is 0 Å². The first-order valence-electron chi connectivity index (χ1n) is 7.00. The summed E-state index contributed by atoms with van der Waals surface area (Å²) in [6, 6.07) is 11.1. The van der Waals surface area contributed by atoms with E-state index in [0.717, 1.165) is 6.54 Å². The molecule has 1 saturated heterocycles. The number of hydrogen-bond donors (Lipinski definition) is 0. The van der Waals surface area contributed by atoms with Gasteiger partial charge in [0.05, 0.1) is 23.6 Å². The summed E-state index contributed by atoms with van der Waals surface area (Å²) in [5, 5.41) is 0. The molecule has 1 aliphatic heterocycles. The van der Waals surface area contributed by atoms with E-state index in [9.17, 15) is 0 Å². The van der Waals surface area contributed by atoms with Crippen LogP contribution in [0.1, 0.15) is 33.3 Å². The van der Waals surface area contributed by atoms with Gasteiger partial charge in [-0.2, -0.15) is 0 Å². The Morgan fingerprint density at radius 3 is 2.47 bits per heavy atom. The van der Waals surface area contributed by atoms with Crippen LogP contribution in [-0.2, 0) is 11.3 Å². The highest BCUT2D eigenvalue weighted by Gasteiger charge is 2.48. The minimum absolute atomic E-state index is 0.232. The Balaban J connectivity index is 1.94. The molecule has 19 heavy (non-hydrogen) atoms. The van der Waals surface area contributed by atoms with Crippen LogP contribution in [0.15, 0.2) is 30.3 Å².